The Hall–Kier alpha value is -0.830. The molecule has 0 aromatic carbocycles. The first-order chi connectivity index (χ1) is 7.24. The van der Waals surface area contributed by atoms with Crippen LogP contribution in [-0.2, 0) is 9.53 Å². The summed E-state index contributed by atoms with van der Waals surface area (Å²) in [7, 11) is 1.62. The maximum atomic E-state index is 11.5. The number of hydrogen-bond acceptors (Lipinski definition) is 2. The summed E-state index contributed by atoms with van der Waals surface area (Å²) in [6.45, 7) is 8.27. The third-order valence-electron chi connectivity index (χ3n) is 2.31. The fourth-order valence-electron chi connectivity index (χ4n) is 1.34. The molecule has 3 heteroatoms. The molecule has 0 unspecified atom stereocenters. The van der Waals surface area contributed by atoms with Gasteiger partial charge in [-0.2, -0.15) is 0 Å². The highest BCUT2D eigenvalue weighted by atomic mass is 16.5. The summed E-state index contributed by atoms with van der Waals surface area (Å²) in [6.07, 6.45) is 3.64. The van der Waals surface area contributed by atoms with Crippen LogP contribution in [0.5, 0.6) is 0 Å². The molecule has 1 amide bonds. The lowest BCUT2D eigenvalue weighted by Gasteiger charge is -2.25. The lowest BCUT2D eigenvalue weighted by Crippen LogP contribution is -2.35. The fourth-order valence-corrected chi connectivity index (χ4v) is 1.34. The minimum absolute atomic E-state index is 0.200. The zero-order chi connectivity index (χ0) is 11.7. The number of rotatable bonds is 3. The van der Waals surface area contributed by atoms with Gasteiger partial charge >= 0.3 is 0 Å². The molecule has 88 valence electrons. The minimum Gasteiger partial charge on any atom is -0.384 e. The Labute approximate surface area is 93.1 Å². The summed E-state index contributed by atoms with van der Waals surface area (Å²) in [6, 6.07) is 0. The molecule has 1 aliphatic rings. The first-order valence-electron chi connectivity index (χ1n) is 5.66. The van der Waals surface area contributed by atoms with Crippen molar-refractivity contribution < 1.29 is 9.53 Å². The SMILES string of the molecule is CC.COCCC(=O)N1CC=C(C)CC1. The van der Waals surface area contributed by atoms with E-state index in [0.717, 1.165) is 19.5 Å². The molecule has 1 heterocycles. The number of carbonyl (C=O) groups excluding carboxylic acids is 1. The average Bonchev–Trinajstić information content (AvgIpc) is 2.29. The summed E-state index contributed by atoms with van der Waals surface area (Å²) in [4.78, 5) is 13.4. The molecule has 3 nitrogen and oxygen atoms in total. The molecule has 0 saturated heterocycles. The van der Waals surface area contributed by atoms with Crippen molar-refractivity contribution in [3.05, 3.63) is 11.6 Å². The van der Waals surface area contributed by atoms with Crippen molar-refractivity contribution in [1.29, 1.82) is 0 Å². The number of ether oxygens (including phenoxy) is 1. The Balaban J connectivity index is 0.000000921. The van der Waals surface area contributed by atoms with Gasteiger partial charge in [0.1, 0.15) is 0 Å². The molecule has 0 aromatic rings. The molecule has 0 radical (unpaired) electrons. The molecule has 0 N–H and O–H groups in total. The maximum Gasteiger partial charge on any atom is 0.225 e. The lowest BCUT2D eigenvalue weighted by molar-refractivity contribution is -0.131. The van der Waals surface area contributed by atoms with Crippen LogP contribution in [0.4, 0.5) is 0 Å². The van der Waals surface area contributed by atoms with Crippen molar-refractivity contribution in [2.24, 2.45) is 0 Å². The molecule has 0 fully saturated rings. The highest BCUT2D eigenvalue weighted by Crippen LogP contribution is 2.10. The summed E-state index contributed by atoms with van der Waals surface area (Å²) in [5.74, 6) is 0.200. The molecule has 0 aromatic heterocycles. The average molecular weight is 213 g/mol. The highest BCUT2D eigenvalue weighted by Gasteiger charge is 2.14. The summed E-state index contributed by atoms with van der Waals surface area (Å²) >= 11 is 0. The molecule has 0 bridgehead atoms. The summed E-state index contributed by atoms with van der Waals surface area (Å²) in [5.41, 5.74) is 1.38. The van der Waals surface area contributed by atoms with Gasteiger partial charge in [0, 0.05) is 20.2 Å². The number of carbonyl (C=O) groups is 1. The van der Waals surface area contributed by atoms with Crippen LogP contribution in [0.25, 0.3) is 0 Å². The standard InChI is InChI=1S/C10H17NO2.C2H6/c1-9-3-6-11(7-4-9)10(12)5-8-13-2;1-2/h3H,4-8H2,1-2H3;1-2H3. The largest absolute Gasteiger partial charge is 0.384 e. The van der Waals surface area contributed by atoms with Crippen LogP contribution in [-0.4, -0.2) is 37.6 Å². The Bertz CT molecular complexity index is 212. The van der Waals surface area contributed by atoms with Crippen molar-refractivity contribution in [2.45, 2.75) is 33.6 Å². The van der Waals surface area contributed by atoms with Gasteiger partial charge in [0.15, 0.2) is 0 Å². The van der Waals surface area contributed by atoms with Gasteiger partial charge in [0.25, 0.3) is 0 Å². The van der Waals surface area contributed by atoms with E-state index < -0.39 is 0 Å². The van der Waals surface area contributed by atoms with Crippen molar-refractivity contribution in [1.82, 2.24) is 4.90 Å². The molecule has 0 spiro atoms. The fraction of sp³-hybridized carbons (Fsp3) is 0.750. The van der Waals surface area contributed by atoms with E-state index in [1.54, 1.807) is 7.11 Å². The van der Waals surface area contributed by atoms with E-state index in [4.69, 9.17) is 4.74 Å². The zero-order valence-corrected chi connectivity index (χ0v) is 10.4. The quantitative estimate of drug-likeness (QED) is 0.673. The maximum absolute atomic E-state index is 11.5. The lowest BCUT2D eigenvalue weighted by atomic mass is 10.1. The van der Waals surface area contributed by atoms with Crippen LogP contribution in [0, 0.1) is 0 Å². The van der Waals surface area contributed by atoms with Gasteiger partial charge < -0.3 is 9.64 Å². The van der Waals surface area contributed by atoms with Crippen molar-refractivity contribution >= 4 is 5.91 Å². The Morgan fingerprint density at radius 1 is 1.53 bits per heavy atom. The zero-order valence-electron chi connectivity index (χ0n) is 10.4. The Kier molecular flexibility index (Phi) is 8.01. The second kappa shape index (κ2) is 8.48. The van der Waals surface area contributed by atoms with Gasteiger partial charge in [0.05, 0.1) is 13.0 Å². The van der Waals surface area contributed by atoms with Gasteiger partial charge in [-0.1, -0.05) is 25.5 Å². The second-order valence-corrected chi connectivity index (χ2v) is 3.38. The third kappa shape index (κ3) is 5.57. The second-order valence-electron chi connectivity index (χ2n) is 3.38. The number of methoxy groups -OCH3 is 1. The van der Waals surface area contributed by atoms with E-state index in [1.165, 1.54) is 5.57 Å². The van der Waals surface area contributed by atoms with E-state index in [0.29, 0.717) is 13.0 Å². The van der Waals surface area contributed by atoms with E-state index in [2.05, 4.69) is 13.0 Å². The van der Waals surface area contributed by atoms with Crippen LogP contribution in [0.3, 0.4) is 0 Å². The van der Waals surface area contributed by atoms with E-state index in [9.17, 15) is 4.79 Å². The molecular weight excluding hydrogens is 190 g/mol. The predicted octanol–water partition coefficient (Wildman–Crippen LogP) is 2.23. The highest BCUT2D eigenvalue weighted by molar-refractivity contribution is 5.76. The first kappa shape index (κ1) is 14.2. The van der Waals surface area contributed by atoms with Crippen molar-refractivity contribution in [2.75, 3.05) is 26.8 Å². The van der Waals surface area contributed by atoms with Gasteiger partial charge in [-0.3, -0.25) is 4.79 Å². The predicted molar refractivity (Wildman–Crippen MR) is 62.8 cm³/mol. The minimum atomic E-state index is 0.200. The molecule has 1 aliphatic heterocycles. The van der Waals surface area contributed by atoms with E-state index >= 15 is 0 Å². The molecular formula is C12H23NO2. The smallest absolute Gasteiger partial charge is 0.225 e. The van der Waals surface area contributed by atoms with Crippen molar-refractivity contribution in [3.8, 4) is 0 Å². The normalized spacial score (nSPS) is 15.2. The van der Waals surface area contributed by atoms with Gasteiger partial charge in [-0.05, 0) is 13.3 Å². The van der Waals surface area contributed by atoms with Crippen LogP contribution in [0.15, 0.2) is 11.6 Å². The number of hydrogen-bond donors (Lipinski definition) is 0. The van der Waals surface area contributed by atoms with Crippen LogP contribution < -0.4 is 0 Å². The monoisotopic (exact) mass is 213 g/mol. The number of nitrogens with zero attached hydrogens (tertiary/aromatic N) is 1. The van der Waals surface area contributed by atoms with Gasteiger partial charge in [-0.25, -0.2) is 0 Å². The number of amides is 1. The third-order valence-corrected chi connectivity index (χ3v) is 2.31. The van der Waals surface area contributed by atoms with Crippen molar-refractivity contribution in [3.63, 3.8) is 0 Å². The van der Waals surface area contributed by atoms with Crippen LogP contribution in [0.2, 0.25) is 0 Å². The van der Waals surface area contributed by atoms with Gasteiger partial charge in [-0.15, -0.1) is 0 Å². The Morgan fingerprint density at radius 3 is 2.67 bits per heavy atom. The Morgan fingerprint density at radius 2 is 2.20 bits per heavy atom. The molecule has 1 rings (SSSR count). The summed E-state index contributed by atoms with van der Waals surface area (Å²) < 4.78 is 4.86. The molecule has 15 heavy (non-hydrogen) atoms. The van der Waals surface area contributed by atoms with E-state index in [1.807, 2.05) is 18.7 Å². The van der Waals surface area contributed by atoms with E-state index in [-0.39, 0.29) is 5.91 Å². The molecule has 0 saturated carbocycles. The van der Waals surface area contributed by atoms with Gasteiger partial charge in [0.2, 0.25) is 5.91 Å². The molecule has 0 aliphatic carbocycles. The first-order valence-corrected chi connectivity index (χ1v) is 5.66. The van der Waals surface area contributed by atoms with Crippen LogP contribution >= 0.6 is 0 Å². The molecule has 0 atom stereocenters. The topological polar surface area (TPSA) is 29.5 Å². The summed E-state index contributed by atoms with van der Waals surface area (Å²) in [5, 5.41) is 0. The van der Waals surface area contributed by atoms with Crippen LogP contribution in [0.1, 0.15) is 33.6 Å².